The lowest BCUT2D eigenvalue weighted by atomic mass is 10.1. The molecule has 0 heterocycles. The number of ether oxygens (including phenoxy) is 3. The number of hydrogen-bond acceptors (Lipinski definition) is 5. The van der Waals surface area contributed by atoms with Crippen molar-refractivity contribution in [3.8, 4) is 17.2 Å². The number of nitrogens with zero attached hydrogens (tertiary/aromatic N) is 1. The predicted molar refractivity (Wildman–Crippen MR) is 114 cm³/mol. The number of carbonyl (C=O) groups excluding carboxylic acids is 1. The highest BCUT2D eigenvalue weighted by Crippen LogP contribution is 2.28. The van der Waals surface area contributed by atoms with Crippen LogP contribution in [0, 0.1) is 0 Å². The molecule has 2 rings (SSSR count). The second kappa shape index (κ2) is 11.3. The first-order valence-electron chi connectivity index (χ1n) is 9.11. The molecule has 0 atom stereocenters. The molecule has 0 aliphatic rings. The summed E-state index contributed by atoms with van der Waals surface area (Å²) in [6.07, 6.45) is 3.61. The van der Waals surface area contributed by atoms with Crippen molar-refractivity contribution in [2.45, 2.75) is 26.7 Å². The standard InChI is InChI=1S/C21H25BrN2O4/c1-4-6-15-7-9-18(17(22)11-15)28-14-21(25)24-23-13-16-8-10-19(27-5-2)20(12-16)26-3/h7-13H,4-6,14H2,1-3H3,(H,24,25)/b23-13+. The van der Waals surface area contributed by atoms with E-state index in [2.05, 4.69) is 33.4 Å². The van der Waals surface area contributed by atoms with E-state index in [1.807, 2.05) is 31.2 Å². The molecule has 0 aromatic heterocycles. The van der Waals surface area contributed by atoms with Gasteiger partial charge in [0.15, 0.2) is 18.1 Å². The minimum atomic E-state index is -0.348. The number of aryl methyl sites for hydroxylation is 1. The lowest BCUT2D eigenvalue weighted by Gasteiger charge is -2.09. The Hall–Kier alpha value is -2.54. The Bertz CT molecular complexity index is 824. The number of carbonyl (C=O) groups is 1. The summed E-state index contributed by atoms with van der Waals surface area (Å²) in [7, 11) is 1.57. The predicted octanol–water partition coefficient (Wildman–Crippen LogP) is 4.34. The van der Waals surface area contributed by atoms with Crippen LogP contribution >= 0.6 is 15.9 Å². The van der Waals surface area contributed by atoms with Gasteiger partial charge in [-0.3, -0.25) is 4.79 Å². The summed E-state index contributed by atoms with van der Waals surface area (Å²) in [5.41, 5.74) is 4.45. The third-order valence-electron chi connectivity index (χ3n) is 3.78. The molecule has 0 bridgehead atoms. The Morgan fingerprint density at radius 2 is 1.89 bits per heavy atom. The van der Waals surface area contributed by atoms with Crippen molar-refractivity contribution in [1.29, 1.82) is 0 Å². The SMILES string of the molecule is CCCc1ccc(OCC(=O)N/N=C/c2ccc(OCC)c(OC)c2)c(Br)c1. The van der Waals surface area contributed by atoms with Crippen molar-refractivity contribution >= 4 is 28.1 Å². The molecule has 2 aromatic carbocycles. The van der Waals surface area contributed by atoms with Crippen LogP contribution in [0.4, 0.5) is 0 Å². The van der Waals surface area contributed by atoms with Gasteiger partial charge in [-0.2, -0.15) is 5.10 Å². The van der Waals surface area contributed by atoms with Gasteiger partial charge in [0, 0.05) is 0 Å². The van der Waals surface area contributed by atoms with Crippen molar-refractivity contribution in [1.82, 2.24) is 5.43 Å². The fraction of sp³-hybridized carbons (Fsp3) is 0.333. The van der Waals surface area contributed by atoms with E-state index in [1.165, 1.54) is 11.8 Å². The first kappa shape index (κ1) is 21.8. The normalized spacial score (nSPS) is 10.7. The number of amides is 1. The molecule has 0 aliphatic heterocycles. The van der Waals surface area contributed by atoms with E-state index in [-0.39, 0.29) is 12.5 Å². The zero-order valence-electron chi connectivity index (χ0n) is 16.3. The lowest BCUT2D eigenvalue weighted by molar-refractivity contribution is -0.123. The van der Waals surface area contributed by atoms with E-state index in [4.69, 9.17) is 14.2 Å². The summed E-state index contributed by atoms with van der Waals surface area (Å²) in [6, 6.07) is 11.3. The van der Waals surface area contributed by atoms with E-state index < -0.39 is 0 Å². The van der Waals surface area contributed by atoms with Gasteiger partial charge in [0.1, 0.15) is 5.75 Å². The second-order valence-corrected chi connectivity index (χ2v) is 6.79. The lowest BCUT2D eigenvalue weighted by Crippen LogP contribution is -2.24. The molecule has 0 spiro atoms. The van der Waals surface area contributed by atoms with Crippen LogP contribution in [0.2, 0.25) is 0 Å². The molecule has 0 unspecified atom stereocenters. The summed E-state index contributed by atoms with van der Waals surface area (Å²) < 4.78 is 17.1. The summed E-state index contributed by atoms with van der Waals surface area (Å²) in [5.74, 6) is 1.54. The third kappa shape index (κ3) is 6.56. The quantitative estimate of drug-likeness (QED) is 0.433. The molecule has 1 N–H and O–H groups in total. The molecule has 150 valence electrons. The Morgan fingerprint density at radius 3 is 2.57 bits per heavy atom. The fourth-order valence-electron chi connectivity index (χ4n) is 2.50. The molecular weight excluding hydrogens is 424 g/mol. The van der Waals surface area contributed by atoms with Gasteiger partial charge in [0.25, 0.3) is 5.91 Å². The zero-order valence-corrected chi connectivity index (χ0v) is 17.9. The summed E-state index contributed by atoms with van der Waals surface area (Å²) in [5, 5.41) is 3.95. The minimum Gasteiger partial charge on any atom is -0.493 e. The van der Waals surface area contributed by atoms with Crippen molar-refractivity contribution < 1.29 is 19.0 Å². The van der Waals surface area contributed by atoms with Crippen molar-refractivity contribution in [2.75, 3.05) is 20.3 Å². The Kier molecular flexibility index (Phi) is 8.81. The molecular formula is C21H25BrN2O4. The van der Waals surface area contributed by atoms with Crippen LogP contribution in [-0.2, 0) is 11.2 Å². The van der Waals surface area contributed by atoms with E-state index >= 15 is 0 Å². The number of hydrogen-bond donors (Lipinski definition) is 1. The maximum Gasteiger partial charge on any atom is 0.277 e. The number of benzene rings is 2. The maximum absolute atomic E-state index is 11.9. The van der Waals surface area contributed by atoms with E-state index in [0.29, 0.717) is 23.9 Å². The van der Waals surface area contributed by atoms with Gasteiger partial charge < -0.3 is 14.2 Å². The van der Waals surface area contributed by atoms with E-state index in [9.17, 15) is 4.79 Å². The molecule has 7 heteroatoms. The van der Waals surface area contributed by atoms with Gasteiger partial charge in [0.2, 0.25) is 0 Å². The maximum atomic E-state index is 11.9. The largest absolute Gasteiger partial charge is 0.493 e. The summed E-state index contributed by atoms with van der Waals surface area (Å²) >= 11 is 3.47. The van der Waals surface area contributed by atoms with Crippen molar-refractivity contribution in [3.63, 3.8) is 0 Å². The number of rotatable bonds is 10. The number of nitrogens with one attached hydrogen (secondary N) is 1. The minimum absolute atomic E-state index is 0.129. The highest BCUT2D eigenvalue weighted by molar-refractivity contribution is 9.10. The summed E-state index contributed by atoms with van der Waals surface area (Å²) in [6.45, 7) is 4.46. The third-order valence-corrected chi connectivity index (χ3v) is 4.40. The average molecular weight is 449 g/mol. The summed E-state index contributed by atoms with van der Waals surface area (Å²) in [4.78, 5) is 11.9. The Morgan fingerprint density at radius 1 is 1.11 bits per heavy atom. The highest BCUT2D eigenvalue weighted by Gasteiger charge is 2.07. The van der Waals surface area contributed by atoms with Gasteiger partial charge in [-0.15, -0.1) is 0 Å². The fourth-order valence-corrected chi connectivity index (χ4v) is 3.04. The first-order chi connectivity index (χ1) is 13.6. The van der Waals surface area contributed by atoms with Crippen LogP contribution in [0.15, 0.2) is 46.0 Å². The van der Waals surface area contributed by atoms with Crippen molar-refractivity contribution in [3.05, 3.63) is 52.0 Å². The highest BCUT2D eigenvalue weighted by atomic mass is 79.9. The topological polar surface area (TPSA) is 69.2 Å². The van der Waals surface area contributed by atoms with Gasteiger partial charge in [-0.25, -0.2) is 5.43 Å². The second-order valence-electron chi connectivity index (χ2n) is 5.94. The van der Waals surface area contributed by atoms with Gasteiger partial charge in [-0.1, -0.05) is 19.4 Å². The molecule has 0 aliphatic carbocycles. The van der Waals surface area contributed by atoms with Crippen LogP contribution in [-0.4, -0.2) is 32.4 Å². The van der Waals surface area contributed by atoms with E-state index in [0.717, 1.165) is 22.9 Å². The van der Waals surface area contributed by atoms with Gasteiger partial charge >= 0.3 is 0 Å². The van der Waals surface area contributed by atoms with Crippen LogP contribution in [0.3, 0.4) is 0 Å². The van der Waals surface area contributed by atoms with Crippen LogP contribution in [0.5, 0.6) is 17.2 Å². The number of hydrazone groups is 1. The molecule has 6 nitrogen and oxygen atoms in total. The molecule has 0 radical (unpaired) electrons. The molecule has 0 fully saturated rings. The molecule has 28 heavy (non-hydrogen) atoms. The molecule has 0 saturated heterocycles. The van der Waals surface area contributed by atoms with E-state index in [1.54, 1.807) is 19.2 Å². The first-order valence-corrected chi connectivity index (χ1v) is 9.90. The van der Waals surface area contributed by atoms with Gasteiger partial charge in [-0.05, 0) is 70.7 Å². The van der Waals surface area contributed by atoms with Crippen molar-refractivity contribution in [2.24, 2.45) is 5.10 Å². The molecule has 0 saturated carbocycles. The monoisotopic (exact) mass is 448 g/mol. The Balaban J connectivity index is 1.87. The smallest absolute Gasteiger partial charge is 0.277 e. The van der Waals surface area contributed by atoms with Crippen LogP contribution in [0.1, 0.15) is 31.4 Å². The Labute approximate surface area is 174 Å². The van der Waals surface area contributed by atoms with Crippen LogP contribution < -0.4 is 19.6 Å². The molecule has 1 amide bonds. The van der Waals surface area contributed by atoms with Crippen LogP contribution in [0.25, 0.3) is 0 Å². The van der Waals surface area contributed by atoms with Gasteiger partial charge in [0.05, 0.1) is 24.4 Å². The number of methoxy groups -OCH3 is 1. The molecule has 2 aromatic rings. The zero-order chi connectivity index (χ0) is 20.4. The number of halogens is 1. The average Bonchev–Trinajstić information content (AvgIpc) is 2.69.